The first-order chi connectivity index (χ1) is 12.3. The van der Waals surface area contributed by atoms with E-state index in [9.17, 15) is 13.2 Å². The lowest BCUT2D eigenvalue weighted by molar-refractivity contribution is -0.118. The Hall–Kier alpha value is -2.19. The fraction of sp³-hybridized carbons (Fsp3) is 0.444. The Morgan fingerprint density at radius 1 is 1.23 bits per heavy atom. The van der Waals surface area contributed by atoms with E-state index in [1.165, 1.54) is 0 Å². The second-order valence-corrected chi connectivity index (χ2v) is 8.18. The molecule has 0 aliphatic heterocycles. The molecule has 2 aromatic rings. The van der Waals surface area contributed by atoms with E-state index in [2.05, 4.69) is 10.3 Å². The monoisotopic (exact) mass is 380 g/mol. The van der Waals surface area contributed by atoms with Gasteiger partial charge in [-0.2, -0.15) is 0 Å². The van der Waals surface area contributed by atoms with Crippen LogP contribution in [-0.4, -0.2) is 45.3 Å². The molecule has 0 fully saturated rings. The van der Waals surface area contributed by atoms with Gasteiger partial charge in [0.05, 0.1) is 11.4 Å². The summed E-state index contributed by atoms with van der Waals surface area (Å²) < 4.78 is 35.0. The summed E-state index contributed by atoms with van der Waals surface area (Å²) in [5.74, 6) is -0.631. The van der Waals surface area contributed by atoms with Gasteiger partial charge < -0.3 is 14.5 Å². The van der Waals surface area contributed by atoms with E-state index in [1.54, 1.807) is 14.0 Å². The van der Waals surface area contributed by atoms with E-state index >= 15 is 0 Å². The SMILES string of the molecule is COCCCNC(=O)CS(=O)(=O)Cc1nc(-c2ccc(C)cc2)oc1C. The number of carbonyl (C=O) groups excluding carboxylic acids is 1. The molecule has 0 spiro atoms. The predicted molar refractivity (Wildman–Crippen MR) is 98.4 cm³/mol. The molecule has 0 atom stereocenters. The van der Waals surface area contributed by atoms with Crippen LogP contribution in [0.3, 0.4) is 0 Å². The summed E-state index contributed by atoms with van der Waals surface area (Å²) in [6, 6.07) is 7.59. The molecule has 8 heteroatoms. The van der Waals surface area contributed by atoms with E-state index in [0.29, 0.717) is 36.9 Å². The van der Waals surface area contributed by atoms with Crippen molar-refractivity contribution in [3.8, 4) is 11.5 Å². The standard InChI is InChI=1S/C18H24N2O5S/c1-13-5-7-15(8-6-13)18-20-16(14(2)25-18)11-26(22,23)12-17(21)19-9-4-10-24-3/h5-8H,4,9-12H2,1-3H3,(H,19,21). The molecular weight excluding hydrogens is 356 g/mol. The van der Waals surface area contributed by atoms with Crippen LogP contribution in [0, 0.1) is 13.8 Å². The Morgan fingerprint density at radius 3 is 2.58 bits per heavy atom. The Balaban J connectivity index is 2.00. The summed E-state index contributed by atoms with van der Waals surface area (Å²) in [7, 11) is -2.07. The molecule has 1 aromatic carbocycles. The quantitative estimate of drug-likeness (QED) is 0.668. The zero-order valence-electron chi connectivity index (χ0n) is 15.2. The molecule has 2 rings (SSSR count). The maximum absolute atomic E-state index is 12.3. The van der Waals surface area contributed by atoms with Crippen LogP contribution in [0.4, 0.5) is 0 Å². The molecule has 1 aromatic heterocycles. The van der Waals surface area contributed by atoms with Gasteiger partial charge in [0.15, 0.2) is 9.84 Å². The number of hydrogen-bond donors (Lipinski definition) is 1. The lowest BCUT2D eigenvalue weighted by Crippen LogP contribution is -2.32. The normalized spacial score (nSPS) is 11.5. The summed E-state index contributed by atoms with van der Waals surface area (Å²) >= 11 is 0. The molecule has 0 saturated heterocycles. The molecule has 26 heavy (non-hydrogen) atoms. The molecule has 1 N–H and O–H groups in total. The van der Waals surface area contributed by atoms with Gasteiger partial charge >= 0.3 is 0 Å². The van der Waals surface area contributed by atoms with Gasteiger partial charge in [0.25, 0.3) is 0 Å². The minimum absolute atomic E-state index is 0.327. The van der Waals surface area contributed by atoms with Crippen LogP contribution in [-0.2, 0) is 25.1 Å². The number of aryl methyl sites for hydroxylation is 2. The lowest BCUT2D eigenvalue weighted by Gasteiger charge is -2.05. The summed E-state index contributed by atoms with van der Waals surface area (Å²) in [6.45, 7) is 4.53. The predicted octanol–water partition coefficient (Wildman–Crippen LogP) is 2.03. The minimum atomic E-state index is -3.64. The molecule has 1 amide bonds. The number of oxazole rings is 1. The Labute approximate surface area is 153 Å². The molecule has 0 radical (unpaired) electrons. The average Bonchev–Trinajstić information content (AvgIpc) is 2.92. The largest absolute Gasteiger partial charge is 0.441 e. The van der Waals surface area contributed by atoms with Crippen molar-refractivity contribution in [2.75, 3.05) is 26.0 Å². The van der Waals surface area contributed by atoms with Gasteiger partial charge in [0, 0.05) is 25.8 Å². The number of sulfone groups is 1. The number of rotatable bonds is 9. The molecule has 0 saturated carbocycles. The fourth-order valence-electron chi connectivity index (χ4n) is 2.34. The third-order valence-corrected chi connectivity index (χ3v) is 5.16. The highest BCUT2D eigenvalue weighted by molar-refractivity contribution is 7.91. The third-order valence-electron chi connectivity index (χ3n) is 3.75. The lowest BCUT2D eigenvalue weighted by atomic mass is 10.1. The molecular formula is C18H24N2O5S. The van der Waals surface area contributed by atoms with Crippen LogP contribution >= 0.6 is 0 Å². The van der Waals surface area contributed by atoms with Crippen molar-refractivity contribution in [1.82, 2.24) is 10.3 Å². The first-order valence-corrected chi connectivity index (χ1v) is 10.1. The average molecular weight is 380 g/mol. The van der Waals surface area contributed by atoms with Gasteiger partial charge in [-0.05, 0) is 32.4 Å². The van der Waals surface area contributed by atoms with Gasteiger partial charge in [-0.25, -0.2) is 13.4 Å². The number of hydrogen-bond acceptors (Lipinski definition) is 6. The minimum Gasteiger partial charge on any atom is -0.441 e. The molecule has 0 bridgehead atoms. The zero-order chi connectivity index (χ0) is 19.2. The van der Waals surface area contributed by atoms with Crippen LogP contribution in [0.25, 0.3) is 11.5 Å². The highest BCUT2D eigenvalue weighted by atomic mass is 32.2. The Kier molecular flexibility index (Phi) is 6.93. The van der Waals surface area contributed by atoms with E-state index in [0.717, 1.165) is 11.1 Å². The zero-order valence-corrected chi connectivity index (χ0v) is 16.1. The van der Waals surface area contributed by atoms with Crippen LogP contribution < -0.4 is 5.32 Å². The molecule has 142 valence electrons. The number of carbonyl (C=O) groups is 1. The van der Waals surface area contributed by atoms with E-state index in [1.807, 2.05) is 31.2 Å². The number of methoxy groups -OCH3 is 1. The van der Waals surface area contributed by atoms with Crippen molar-refractivity contribution in [2.45, 2.75) is 26.0 Å². The highest BCUT2D eigenvalue weighted by Crippen LogP contribution is 2.23. The van der Waals surface area contributed by atoms with Crippen LogP contribution in [0.1, 0.15) is 23.4 Å². The van der Waals surface area contributed by atoms with Crippen molar-refractivity contribution in [1.29, 1.82) is 0 Å². The van der Waals surface area contributed by atoms with E-state index < -0.39 is 21.5 Å². The van der Waals surface area contributed by atoms with Crippen molar-refractivity contribution in [3.05, 3.63) is 41.3 Å². The summed E-state index contributed by atoms with van der Waals surface area (Å²) in [5, 5.41) is 2.57. The molecule has 1 heterocycles. The van der Waals surface area contributed by atoms with Gasteiger partial charge in [0.1, 0.15) is 11.5 Å². The number of amides is 1. The molecule has 0 aliphatic carbocycles. The van der Waals surface area contributed by atoms with Gasteiger partial charge in [-0.1, -0.05) is 17.7 Å². The summed E-state index contributed by atoms with van der Waals surface area (Å²) in [4.78, 5) is 16.1. The number of nitrogens with one attached hydrogen (secondary N) is 1. The number of benzene rings is 1. The van der Waals surface area contributed by atoms with Gasteiger partial charge in [0.2, 0.25) is 11.8 Å². The van der Waals surface area contributed by atoms with Crippen LogP contribution in [0.5, 0.6) is 0 Å². The smallest absolute Gasteiger partial charge is 0.235 e. The van der Waals surface area contributed by atoms with Crippen molar-refractivity contribution < 1.29 is 22.4 Å². The van der Waals surface area contributed by atoms with Gasteiger partial charge in [-0.15, -0.1) is 0 Å². The van der Waals surface area contributed by atoms with Crippen molar-refractivity contribution in [3.63, 3.8) is 0 Å². The van der Waals surface area contributed by atoms with Gasteiger partial charge in [-0.3, -0.25) is 4.79 Å². The van der Waals surface area contributed by atoms with Crippen molar-refractivity contribution >= 4 is 15.7 Å². The Morgan fingerprint density at radius 2 is 1.92 bits per heavy atom. The summed E-state index contributed by atoms with van der Waals surface area (Å²) in [5.41, 5.74) is 2.21. The van der Waals surface area contributed by atoms with Crippen LogP contribution in [0.15, 0.2) is 28.7 Å². The Bertz CT molecular complexity index is 841. The van der Waals surface area contributed by atoms with E-state index in [-0.39, 0.29) is 5.75 Å². The molecule has 0 aliphatic rings. The molecule has 0 unspecified atom stereocenters. The topological polar surface area (TPSA) is 98.5 Å². The molecule has 7 nitrogen and oxygen atoms in total. The summed E-state index contributed by atoms with van der Waals surface area (Å²) in [6.07, 6.45) is 0.630. The number of nitrogens with zero attached hydrogens (tertiary/aromatic N) is 1. The second kappa shape index (κ2) is 8.95. The number of aromatic nitrogens is 1. The maximum atomic E-state index is 12.3. The maximum Gasteiger partial charge on any atom is 0.235 e. The fourth-order valence-corrected chi connectivity index (χ4v) is 3.62. The van der Waals surface area contributed by atoms with E-state index in [4.69, 9.17) is 9.15 Å². The first kappa shape index (κ1) is 20.1. The highest BCUT2D eigenvalue weighted by Gasteiger charge is 2.22. The van der Waals surface area contributed by atoms with Crippen LogP contribution in [0.2, 0.25) is 0 Å². The third kappa shape index (κ3) is 5.96. The second-order valence-electron chi connectivity index (χ2n) is 6.12. The van der Waals surface area contributed by atoms with Crippen molar-refractivity contribution in [2.24, 2.45) is 0 Å². The number of ether oxygens (including phenoxy) is 1. The first-order valence-electron chi connectivity index (χ1n) is 8.30.